The van der Waals surface area contributed by atoms with Gasteiger partial charge in [0.25, 0.3) is 0 Å². The molecule has 0 saturated carbocycles. The number of anilines is 1. The molecule has 1 saturated heterocycles. The van der Waals surface area contributed by atoms with Crippen molar-refractivity contribution in [2.24, 2.45) is 0 Å². The zero-order valence-electron chi connectivity index (χ0n) is 19.1. The number of hydrogen-bond acceptors (Lipinski definition) is 7. The van der Waals surface area contributed by atoms with Gasteiger partial charge in [-0.2, -0.15) is 0 Å². The molecule has 33 heavy (non-hydrogen) atoms. The van der Waals surface area contributed by atoms with E-state index in [2.05, 4.69) is 50.9 Å². The Kier molecular flexibility index (Phi) is 5.20. The molecule has 5 rings (SSSR count). The number of hydrogen-bond donors (Lipinski definition) is 1. The second kappa shape index (κ2) is 8.08. The molecule has 1 fully saturated rings. The Morgan fingerprint density at radius 3 is 2.45 bits per heavy atom. The van der Waals surface area contributed by atoms with Gasteiger partial charge in [-0.25, -0.2) is 14.4 Å². The van der Waals surface area contributed by atoms with Gasteiger partial charge < -0.3 is 14.4 Å². The third kappa shape index (κ3) is 3.89. The molecule has 1 N–H and O–H groups in total. The molecule has 9 heteroatoms. The van der Waals surface area contributed by atoms with Gasteiger partial charge in [-0.3, -0.25) is 4.90 Å². The Hall–Kier alpha value is -3.59. The SMILES string of the molecule is Cc1cn2cc(-c3ccc(-c4cnc(N5C[C@@H](C)N(C)[C@@H](C)C5)nn4)c(O)c3)cc(F)c2n1. The minimum Gasteiger partial charge on any atom is -0.507 e. The second-order valence-electron chi connectivity index (χ2n) is 8.83. The van der Waals surface area contributed by atoms with Crippen LogP contribution in [0.5, 0.6) is 5.75 Å². The zero-order valence-corrected chi connectivity index (χ0v) is 19.1. The summed E-state index contributed by atoms with van der Waals surface area (Å²) in [5, 5.41) is 19.3. The number of aryl methyl sites for hydroxylation is 1. The van der Waals surface area contributed by atoms with Crippen LogP contribution in [0, 0.1) is 12.7 Å². The summed E-state index contributed by atoms with van der Waals surface area (Å²) in [5.74, 6) is 0.198. The number of phenolic OH excluding ortho intramolecular Hbond substituents is 1. The van der Waals surface area contributed by atoms with E-state index in [1.807, 2.05) is 13.0 Å². The standard InChI is InChI=1S/C24H26FN7O/c1-14-10-31-13-18(7-20(25)23(31)27-14)17-5-6-19(22(33)8-17)21-9-26-24(29-28-21)32-11-15(2)30(4)16(3)12-32/h5-10,13,15-16,33H,11-12H2,1-4H3/t15-,16+. The first-order chi connectivity index (χ1) is 15.8. The molecule has 4 aromatic rings. The van der Waals surface area contributed by atoms with E-state index >= 15 is 0 Å². The maximum absolute atomic E-state index is 14.5. The minimum absolute atomic E-state index is 0.0282. The Bertz CT molecular complexity index is 1310. The summed E-state index contributed by atoms with van der Waals surface area (Å²) in [7, 11) is 2.13. The predicted octanol–water partition coefficient (Wildman–Crippen LogP) is 3.54. The summed E-state index contributed by atoms with van der Waals surface area (Å²) in [4.78, 5) is 13.2. The lowest BCUT2D eigenvalue weighted by atomic mass is 10.0. The van der Waals surface area contributed by atoms with Crippen molar-refractivity contribution in [3.05, 3.63) is 54.4 Å². The zero-order chi connectivity index (χ0) is 23.3. The summed E-state index contributed by atoms with van der Waals surface area (Å²) in [6.45, 7) is 7.85. The van der Waals surface area contributed by atoms with Crippen LogP contribution in [0.15, 0.2) is 42.9 Å². The molecule has 1 aliphatic heterocycles. The van der Waals surface area contributed by atoms with E-state index in [9.17, 15) is 9.50 Å². The van der Waals surface area contributed by atoms with Gasteiger partial charge in [0.1, 0.15) is 11.4 Å². The number of piperazine rings is 1. The van der Waals surface area contributed by atoms with Crippen LogP contribution in [0.3, 0.4) is 0 Å². The lowest BCUT2D eigenvalue weighted by Crippen LogP contribution is -2.55. The van der Waals surface area contributed by atoms with E-state index in [0.717, 1.165) is 18.8 Å². The smallest absolute Gasteiger partial charge is 0.245 e. The minimum atomic E-state index is -0.414. The van der Waals surface area contributed by atoms with Gasteiger partial charge in [-0.15, -0.1) is 10.2 Å². The van der Waals surface area contributed by atoms with Crippen molar-refractivity contribution in [1.82, 2.24) is 29.5 Å². The van der Waals surface area contributed by atoms with Crippen LogP contribution < -0.4 is 4.90 Å². The van der Waals surface area contributed by atoms with Crippen LogP contribution >= 0.6 is 0 Å². The summed E-state index contributed by atoms with van der Waals surface area (Å²) in [6, 6.07) is 7.37. The molecule has 3 aromatic heterocycles. The van der Waals surface area contributed by atoms with Crippen molar-refractivity contribution in [2.45, 2.75) is 32.9 Å². The molecule has 0 aliphatic carbocycles. The van der Waals surface area contributed by atoms with Gasteiger partial charge in [-0.1, -0.05) is 6.07 Å². The number of halogens is 1. The highest BCUT2D eigenvalue weighted by Crippen LogP contribution is 2.33. The van der Waals surface area contributed by atoms with Crippen molar-refractivity contribution in [3.8, 4) is 28.1 Å². The lowest BCUT2D eigenvalue weighted by Gasteiger charge is -2.42. The van der Waals surface area contributed by atoms with E-state index in [1.54, 1.807) is 35.1 Å². The molecule has 1 aliphatic rings. The van der Waals surface area contributed by atoms with Crippen LogP contribution in [-0.2, 0) is 0 Å². The monoisotopic (exact) mass is 447 g/mol. The highest BCUT2D eigenvalue weighted by Gasteiger charge is 2.28. The van der Waals surface area contributed by atoms with Crippen molar-refractivity contribution >= 4 is 11.6 Å². The fraction of sp³-hybridized carbons (Fsp3) is 0.333. The third-order valence-electron chi connectivity index (χ3n) is 6.43. The first-order valence-corrected chi connectivity index (χ1v) is 11.0. The number of imidazole rings is 1. The van der Waals surface area contributed by atoms with E-state index in [4.69, 9.17) is 0 Å². The number of rotatable bonds is 3. The van der Waals surface area contributed by atoms with Crippen molar-refractivity contribution in [2.75, 3.05) is 25.0 Å². The van der Waals surface area contributed by atoms with Crippen molar-refractivity contribution in [3.63, 3.8) is 0 Å². The van der Waals surface area contributed by atoms with Crippen LogP contribution in [0.4, 0.5) is 10.3 Å². The number of aromatic hydroxyl groups is 1. The first kappa shape index (κ1) is 21.3. The molecule has 0 radical (unpaired) electrons. The number of likely N-dealkylation sites (N-methyl/N-ethyl adjacent to an activating group) is 1. The molecule has 2 atom stereocenters. The number of benzene rings is 1. The Balaban J connectivity index is 1.41. The van der Waals surface area contributed by atoms with Crippen molar-refractivity contribution < 1.29 is 9.50 Å². The first-order valence-electron chi connectivity index (χ1n) is 11.0. The van der Waals surface area contributed by atoms with Gasteiger partial charge in [0, 0.05) is 48.7 Å². The van der Waals surface area contributed by atoms with E-state index in [-0.39, 0.29) is 11.4 Å². The van der Waals surface area contributed by atoms with E-state index in [0.29, 0.717) is 40.4 Å². The molecule has 4 heterocycles. The van der Waals surface area contributed by atoms with Crippen LogP contribution in [0.1, 0.15) is 19.5 Å². The molecular formula is C24H26FN7O. The molecule has 0 amide bonds. The number of nitrogens with zero attached hydrogens (tertiary/aromatic N) is 7. The molecule has 8 nitrogen and oxygen atoms in total. The number of aromatic nitrogens is 5. The van der Waals surface area contributed by atoms with Gasteiger partial charge in [-0.05, 0) is 51.6 Å². The number of fused-ring (bicyclic) bond motifs is 1. The number of phenols is 1. The molecule has 0 bridgehead atoms. The Morgan fingerprint density at radius 1 is 1.03 bits per heavy atom. The molecule has 170 valence electrons. The summed E-state index contributed by atoms with van der Waals surface area (Å²) >= 11 is 0. The predicted molar refractivity (Wildman–Crippen MR) is 125 cm³/mol. The Labute approximate surface area is 191 Å². The van der Waals surface area contributed by atoms with E-state index in [1.165, 1.54) is 6.07 Å². The van der Waals surface area contributed by atoms with Crippen LogP contribution in [0.25, 0.3) is 28.0 Å². The molecule has 1 aromatic carbocycles. The third-order valence-corrected chi connectivity index (χ3v) is 6.43. The maximum atomic E-state index is 14.5. The lowest BCUT2D eigenvalue weighted by molar-refractivity contribution is 0.169. The highest BCUT2D eigenvalue weighted by atomic mass is 19.1. The Morgan fingerprint density at radius 2 is 1.79 bits per heavy atom. The summed E-state index contributed by atoms with van der Waals surface area (Å²) in [5.41, 5.74) is 3.33. The van der Waals surface area contributed by atoms with Crippen LogP contribution in [0.2, 0.25) is 0 Å². The maximum Gasteiger partial charge on any atom is 0.245 e. The molecule has 0 spiro atoms. The molecule has 0 unspecified atom stereocenters. The summed E-state index contributed by atoms with van der Waals surface area (Å²) < 4.78 is 16.1. The average molecular weight is 448 g/mol. The van der Waals surface area contributed by atoms with Gasteiger partial charge >= 0.3 is 0 Å². The fourth-order valence-corrected chi connectivity index (χ4v) is 4.37. The van der Waals surface area contributed by atoms with Gasteiger partial charge in [0.05, 0.1) is 11.9 Å². The quantitative estimate of drug-likeness (QED) is 0.514. The highest BCUT2D eigenvalue weighted by molar-refractivity contribution is 5.74. The second-order valence-corrected chi connectivity index (χ2v) is 8.83. The summed E-state index contributed by atoms with van der Waals surface area (Å²) in [6.07, 6.45) is 5.19. The van der Waals surface area contributed by atoms with Gasteiger partial charge in [0.15, 0.2) is 11.5 Å². The normalized spacial score (nSPS) is 19.4. The topological polar surface area (TPSA) is 82.7 Å². The van der Waals surface area contributed by atoms with E-state index < -0.39 is 5.82 Å². The average Bonchev–Trinajstić information content (AvgIpc) is 3.18. The van der Waals surface area contributed by atoms with Gasteiger partial charge in [0.2, 0.25) is 5.95 Å². The fourth-order valence-electron chi connectivity index (χ4n) is 4.37. The number of pyridine rings is 1. The largest absolute Gasteiger partial charge is 0.507 e. The van der Waals surface area contributed by atoms with Crippen LogP contribution in [-0.4, -0.2) is 66.8 Å². The van der Waals surface area contributed by atoms with Crippen molar-refractivity contribution in [1.29, 1.82) is 0 Å². The molecular weight excluding hydrogens is 421 g/mol.